The van der Waals surface area contributed by atoms with Crippen LogP contribution in [-0.4, -0.2) is 25.6 Å². The molecule has 0 bridgehead atoms. The van der Waals surface area contributed by atoms with Gasteiger partial charge in [-0.25, -0.2) is 19.7 Å². The van der Waals surface area contributed by atoms with E-state index in [0.717, 1.165) is 43.0 Å². The Morgan fingerprint density at radius 2 is 2.14 bits per heavy atom. The summed E-state index contributed by atoms with van der Waals surface area (Å²) in [4.78, 5) is 25.4. The van der Waals surface area contributed by atoms with Crippen molar-refractivity contribution in [2.45, 2.75) is 52.7 Å². The zero-order chi connectivity index (χ0) is 20.1. The van der Waals surface area contributed by atoms with Crippen LogP contribution in [0, 0.1) is 25.7 Å². The molecule has 4 aliphatic rings. The minimum Gasteiger partial charge on any atom is -0.485 e. The molecule has 1 saturated carbocycles. The van der Waals surface area contributed by atoms with Gasteiger partial charge in [0.25, 0.3) is 0 Å². The Labute approximate surface area is 168 Å². The highest BCUT2D eigenvalue weighted by molar-refractivity contribution is 5.62. The molecule has 150 valence electrons. The molecule has 0 N–H and O–H groups in total. The Hall–Kier alpha value is -2.96. The summed E-state index contributed by atoms with van der Waals surface area (Å²) in [6, 6.07) is 1.82. The number of rotatable bonds is 3. The third kappa shape index (κ3) is 3.14. The minimum absolute atomic E-state index is 0.0322. The van der Waals surface area contributed by atoms with Gasteiger partial charge in [-0.3, -0.25) is 0 Å². The number of fused-ring (bicyclic) bond motifs is 3. The molecule has 7 nitrogen and oxygen atoms in total. The van der Waals surface area contributed by atoms with Gasteiger partial charge in [-0.1, -0.05) is 6.92 Å². The van der Waals surface area contributed by atoms with E-state index in [-0.39, 0.29) is 11.7 Å². The van der Waals surface area contributed by atoms with Gasteiger partial charge in [0.05, 0.1) is 12.0 Å². The largest absolute Gasteiger partial charge is 0.485 e. The average Bonchev–Trinajstić information content (AvgIpc) is 3.19. The lowest BCUT2D eigenvalue weighted by Gasteiger charge is -2.37. The Morgan fingerprint density at radius 1 is 1.28 bits per heavy atom. The predicted octanol–water partition coefficient (Wildman–Crippen LogP) is 3.63. The van der Waals surface area contributed by atoms with Crippen molar-refractivity contribution in [2.24, 2.45) is 11.8 Å². The van der Waals surface area contributed by atoms with Crippen LogP contribution in [0.1, 0.15) is 43.2 Å². The van der Waals surface area contributed by atoms with E-state index in [1.807, 2.05) is 25.4 Å². The molecule has 3 atom stereocenters. The Morgan fingerprint density at radius 3 is 3.00 bits per heavy atom. The van der Waals surface area contributed by atoms with Crippen LogP contribution in [0.25, 0.3) is 17.6 Å². The standard InChI is InChI=1S/C22H24N4O3/c1-12(9-26-11-25-14(3)20-21(26)24-10-23-20)15-4-5-16-7-17-19(29-18(16)8-15)6-13(2)28-22(17)27/h6-7,10-12,15,18H,4-5,8-9H2,1-3H3/t12-,15+,18+/m1/s1. The molecule has 0 spiro atoms. The van der Waals surface area contributed by atoms with Gasteiger partial charge in [-0.2, -0.15) is 0 Å². The first-order chi connectivity index (χ1) is 14.0. The van der Waals surface area contributed by atoms with E-state index in [4.69, 9.17) is 9.15 Å². The zero-order valence-corrected chi connectivity index (χ0v) is 16.9. The fraction of sp³-hybridized carbons (Fsp3) is 0.455. The topological polar surface area (TPSA) is 83.0 Å². The molecule has 1 fully saturated rings. The Kier molecular flexibility index (Phi) is 4.26. The number of aryl methyl sites for hydroxylation is 2. The van der Waals surface area contributed by atoms with Crippen LogP contribution in [-0.2, 0) is 6.54 Å². The normalized spacial score (nSPS) is 21.8. The third-order valence-corrected chi connectivity index (χ3v) is 6.28. The second kappa shape index (κ2) is 6.83. The van der Waals surface area contributed by atoms with Crippen LogP contribution in [0.15, 0.2) is 33.5 Å². The van der Waals surface area contributed by atoms with Gasteiger partial charge in [0.15, 0.2) is 5.82 Å². The van der Waals surface area contributed by atoms with Crippen LogP contribution in [0.5, 0.6) is 5.75 Å². The van der Waals surface area contributed by atoms with E-state index in [9.17, 15) is 4.79 Å². The van der Waals surface area contributed by atoms with E-state index < -0.39 is 0 Å². The second-order valence-corrected chi connectivity index (χ2v) is 8.29. The van der Waals surface area contributed by atoms with Crippen LogP contribution in [0.2, 0.25) is 0 Å². The molecule has 1 aliphatic carbocycles. The third-order valence-electron chi connectivity index (χ3n) is 6.28. The van der Waals surface area contributed by atoms with Gasteiger partial charge in [0.1, 0.15) is 35.2 Å². The quantitative estimate of drug-likeness (QED) is 0.677. The molecule has 5 rings (SSSR count). The SMILES string of the molecule is Cc1cc2c(c(=O)o1)C=C1CC[C@H]([C@H](C)Cn3cnc(C)c4ncnc3-4)C[C@@H]1O2. The zero-order valence-electron chi connectivity index (χ0n) is 16.9. The first kappa shape index (κ1) is 18.1. The number of imidazole rings is 1. The Bertz CT molecular complexity index is 1130. The summed E-state index contributed by atoms with van der Waals surface area (Å²) in [7, 11) is 0. The predicted molar refractivity (Wildman–Crippen MR) is 108 cm³/mol. The van der Waals surface area contributed by atoms with E-state index in [1.165, 1.54) is 5.57 Å². The molecule has 7 heteroatoms. The fourth-order valence-corrected chi connectivity index (χ4v) is 4.61. The highest BCUT2D eigenvalue weighted by atomic mass is 16.5. The Balaban J connectivity index is 1.34. The first-order valence-electron chi connectivity index (χ1n) is 10.1. The van der Waals surface area contributed by atoms with Gasteiger partial charge in [0.2, 0.25) is 0 Å². The molecule has 3 aliphatic heterocycles. The maximum absolute atomic E-state index is 12.1. The summed E-state index contributed by atoms with van der Waals surface area (Å²) in [5.74, 6) is 3.08. The van der Waals surface area contributed by atoms with Gasteiger partial charge < -0.3 is 13.7 Å². The molecule has 0 radical (unpaired) electrons. The van der Waals surface area contributed by atoms with E-state index in [1.54, 1.807) is 13.3 Å². The summed E-state index contributed by atoms with van der Waals surface area (Å²) in [6.45, 7) is 6.86. The summed E-state index contributed by atoms with van der Waals surface area (Å²) >= 11 is 0. The van der Waals surface area contributed by atoms with Crippen molar-refractivity contribution < 1.29 is 9.15 Å². The number of ether oxygens (including phenoxy) is 1. The fourth-order valence-electron chi connectivity index (χ4n) is 4.61. The second-order valence-electron chi connectivity index (χ2n) is 8.29. The van der Waals surface area contributed by atoms with Crippen LogP contribution < -0.4 is 10.4 Å². The monoisotopic (exact) mass is 392 g/mol. The summed E-state index contributed by atoms with van der Waals surface area (Å²) in [5, 5.41) is 0. The van der Waals surface area contributed by atoms with Crippen LogP contribution in [0.3, 0.4) is 0 Å². The molecular weight excluding hydrogens is 368 g/mol. The first-order valence-corrected chi connectivity index (χ1v) is 10.1. The number of hydrogen-bond donors (Lipinski definition) is 0. The highest BCUT2D eigenvalue weighted by Crippen LogP contribution is 2.40. The molecule has 0 aromatic carbocycles. The highest BCUT2D eigenvalue weighted by Gasteiger charge is 2.34. The van der Waals surface area contributed by atoms with Crippen molar-refractivity contribution in [2.75, 3.05) is 0 Å². The van der Waals surface area contributed by atoms with E-state index in [2.05, 4.69) is 26.4 Å². The van der Waals surface area contributed by atoms with Crippen molar-refractivity contribution >= 4 is 6.08 Å². The molecule has 0 unspecified atom stereocenters. The lowest BCUT2D eigenvalue weighted by Crippen LogP contribution is -2.34. The minimum atomic E-state index is -0.315. The van der Waals surface area contributed by atoms with Gasteiger partial charge >= 0.3 is 5.63 Å². The maximum atomic E-state index is 12.1. The molecule has 0 amide bonds. The molecular formula is C22H24N4O3. The van der Waals surface area contributed by atoms with Crippen molar-refractivity contribution in [3.05, 3.63) is 51.7 Å². The molecule has 0 saturated heterocycles. The lowest BCUT2D eigenvalue weighted by molar-refractivity contribution is 0.135. The van der Waals surface area contributed by atoms with Crippen molar-refractivity contribution in [3.8, 4) is 17.3 Å². The molecule has 4 heterocycles. The van der Waals surface area contributed by atoms with Crippen molar-refractivity contribution in [3.63, 3.8) is 0 Å². The maximum Gasteiger partial charge on any atom is 0.346 e. The lowest BCUT2D eigenvalue weighted by atomic mass is 9.76. The van der Waals surface area contributed by atoms with Crippen LogP contribution in [0.4, 0.5) is 0 Å². The number of hydrogen-bond acceptors (Lipinski definition) is 6. The van der Waals surface area contributed by atoms with E-state index >= 15 is 0 Å². The molecule has 29 heavy (non-hydrogen) atoms. The summed E-state index contributed by atoms with van der Waals surface area (Å²) in [6.07, 6.45) is 8.45. The van der Waals surface area contributed by atoms with Crippen molar-refractivity contribution in [1.82, 2.24) is 19.5 Å². The number of aromatic nitrogens is 4. The molecule has 1 aromatic heterocycles. The van der Waals surface area contributed by atoms with E-state index in [0.29, 0.717) is 28.9 Å². The van der Waals surface area contributed by atoms with Gasteiger partial charge in [-0.05, 0) is 56.6 Å². The number of nitrogens with zero attached hydrogens (tertiary/aromatic N) is 4. The van der Waals surface area contributed by atoms with Gasteiger partial charge in [0, 0.05) is 12.6 Å². The van der Waals surface area contributed by atoms with Crippen LogP contribution >= 0.6 is 0 Å². The van der Waals surface area contributed by atoms with Crippen molar-refractivity contribution in [1.29, 1.82) is 0 Å². The smallest absolute Gasteiger partial charge is 0.346 e. The average molecular weight is 392 g/mol. The summed E-state index contributed by atoms with van der Waals surface area (Å²) in [5.41, 5.74) is 3.21. The summed E-state index contributed by atoms with van der Waals surface area (Å²) < 4.78 is 13.6. The van der Waals surface area contributed by atoms with Gasteiger partial charge in [-0.15, -0.1) is 0 Å². The molecule has 1 aromatic rings.